The number of esters is 1. The summed E-state index contributed by atoms with van der Waals surface area (Å²) in [5.74, 6) is -0.324. The molecule has 0 aromatic carbocycles. The number of ether oxygens (including phenoxy) is 1. The Balaban J connectivity index is 3.95. The Morgan fingerprint density at radius 1 is 1.53 bits per heavy atom. The molecule has 0 aliphatic heterocycles. The van der Waals surface area contributed by atoms with Gasteiger partial charge >= 0.3 is 5.97 Å². The minimum absolute atomic E-state index is 0.324. The van der Waals surface area contributed by atoms with E-state index in [-0.39, 0.29) is 5.97 Å². The summed E-state index contributed by atoms with van der Waals surface area (Å²) in [6.45, 7) is 9.04. The van der Waals surface area contributed by atoms with Crippen molar-refractivity contribution >= 4 is 5.97 Å². The van der Waals surface area contributed by atoms with Crippen LogP contribution in [0.15, 0.2) is 12.2 Å². The zero-order valence-electron chi connectivity index (χ0n) is 10.2. The van der Waals surface area contributed by atoms with Crippen LogP contribution in [0.4, 0.5) is 0 Å². The van der Waals surface area contributed by atoms with Gasteiger partial charge in [-0.15, -0.1) is 0 Å². The normalized spacial score (nSPS) is 13.4. The van der Waals surface area contributed by atoms with E-state index in [1.54, 1.807) is 6.92 Å². The van der Waals surface area contributed by atoms with Crippen molar-refractivity contribution in [3.8, 4) is 0 Å². The van der Waals surface area contributed by atoms with Crippen LogP contribution in [-0.2, 0) is 9.53 Å². The van der Waals surface area contributed by atoms with Crippen molar-refractivity contribution in [3.05, 3.63) is 12.2 Å². The highest BCUT2D eigenvalue weighted by Gasteiger charge is 2.22. The maximum absolute atomic E-state index is 11.1. The van der Waals surface area contributed by atoms with Crippen LogP contribution in [0, 0.1) is 0 Å². The Morgan fingerprint density at radius 3 is 2.47 bits per heavy atom. The van der Waals surface area contributed by atoms with E-state index >= 15 is 0 Å². The topological polar surface area (TPSA) is 52.3 Å². The zero-order chi connectivity index (χ0) is 12.1. The van der Waals surface area contributed by atoms with Gasteiger partial charge in [-0.2, -0.15) is 0 Å². The number of carbonyl (C=O) groups is 1. The lowest BCUT2D eigenvalue weighted by Gasteiger charge is -2.35. The van der Waals surface area contributed by atoms with Crippen LogP contribution in [-0.4, -0.2) is 50.3 Å². The Morgan fingerprint density at radius 2 is 2.07 bits per heavy atom. The summed E-state index contributed by atoms with van der Waals surface area (Å²) in [6, 6.07) is 0.355. The Labute approximate surface area is 92.3 Å². The first-order valence-corrected chi connectivity index (χ1v) is 5.16. The number of nitrogens with two attached hydrogens (primary N) is 1. The van der Waals surface area contributed by atoms with E-state index in [1.807, 2.05) is 0 Å². The second kappa shape index (κ2) is 5.88. The summed E-state index contributed by atoms with van der Waals surface area (Å²) < 4.78 is 5.79. The SMILES string of the molecule is C=C(C)C(=O)OCC[N+](C)(C)C(C)CN. The van der Waals surface area contributed by atoms with Gasteiger partial charge in [-0.25, -0.2) is 4.79 Å². The summed E-state index contributed by atoms with van der Waals surface area (Å²) in [5.41, 5.74) is 6.04. The summed E-state index contributed by atoms with van der Waals surface area (Å²) >= 11 is 0. The molecule has 2 N–H and O–H groups in total. The molecule has 1 atom stereocenters. The fourth-order valence-corrected chi connectivity index (χ4v) is 1.00. The van der Waals surface area contributed by atoms with Crippen LogP contribution in [0.5, 0.6) is 0 Å². The first kappa shape index (κ1) is 14.1. The van der Waals surface area contributed by atoms with Crippen molar-refractivity contribution in [1.82, 2.24) is 0 Å². The molecule has 15 heavy (non-hydrogen) atoms. The van der Waals surface area contributed by atoms with Crippen molar-refractivity contribution in [2.24, 2.45) is 5.73 Å². The summed E-state index contributed by atoms with van der Waals surface area (Å²) in [5, 5.41) is 0. The molecule has 0 saturated heterocycles. The van der Waals surface area contributed by atoms with Gasteiger partial charge in [0, 0.05) is 12.1 Å². The zero-order valence-corrected chi connectivity index (χ0v) is 10.2. The molecule has 0 fully saturated rings. The van der Waals surface area contributed by atoms with Crippen LogP contribution in [0.1, 0.15) is 13.8 Å². The van der Waals surface area contributed by atoms with Crippen molar-refractivity contribution in [3.63, 3.8) is 0 Å². The lowest BCUT2D eigenvalue weighted by atomic mass is 10.2. The first-order valence-electron chi connectivity index (χ1n) is 5.16. The molecule has 1 unspecified atom stereocenters. The van der Waals surface area contributed by atoms with Gasteiger partial charge in [0.05, 0.1) is 20.1 Å². The van der Waals surface area contributed by atoms with E-state index < -0.39 is 0 Å². The number of rotatable bonds is 6. The molecule has 0 heterocycles. The summed E-state index contributed by atoms with van der Waals surface area (Å²) in [4.78, 5) is 11.1. The second-order valence-electron chi connectivity index (χ2n) is 4.50. The molecule has 0 radical (unpaired) electrons. The molecular weight excluding hydrogens is 192 g/mol. The monoisotopic (exact) mass is 215 g/mol. The second-order valence-corrected chi connectivity index (χ2v) is 4.50. The molecule has 4 nitrogen and oxygen atoms in total. The number of nitrogens with zero attached hydrogens (tertiary/aromatic N) is 1. The van der Waals surface area contributed by atoms with Gasteiger partial charge in [0.25, 0.3) is 0 Å². The number of hydrogen-bond donors (Lipinski definition) is 1. The van der Waals surface area contributed by atoms with Crippen LogP contribution >= 0.6 is 0 Å². The number of hydrogen-bond acceptors (Lipinski definition) is 3. The smallest absolute Gasteiger partial charge is 0.333 e. The van der Waals surface area contributed by atoms with Gasteiger partial charge in [-0.1, -0.05) is 6.58 Å². The van der Waals surface area contributed by atoms with Gasteiger partial charge in [0.15, 0.2) is 0 Å². The Bertz CT molecular complexity index is 237. The molecular formula is C11H23N2O2+. The maximum Gasteiger partial charge on any atom is 0.333 e. The Kier molecular flexibility index (Phi) is 5.54. The number of quaternary nitrogens is 1. The molecule has 0 amide bonds. The van der Waals surface area contributed by atoms with Crippen LogP contribution in [0.3, 0.4) is 0 Å². The largest absolute Gasteiger partial charge is 0.456 e. The molecule has 0 rings (SSSR count). The number of carbonyl (C=O) groups excluding carboxylic acids is 1. The molecule has 0 aliphatic rings. The van der Waals surface area contributed by atoms with E-state index in [2.05, 4.69) is 27.6 Å². The molecule has 4 heteroatoms. The average molecular weight is 215 g/mol. The van der Waals surface area contributed by atoms with Crippen LogP contribution in [0.2, 0.25) is 0 Å². The third kappa shape index (κ3) is 4.95. The molecule has 0 saturated carbocycles. The van der Waals surface area contributed by atoms with Gasteiger partial charge in [0.2, 0.25) is 0 Å². The van der Waals surface area contributed by atoms with E-state index in [0.717, 1.165) is 11.0 Å². The number of likely N-dealkylation sites (N-methyl/N-ethyl adjacent to an activating group) is 1. The highest BCUT2D eigenvalue weighted by molar-refractivity contribution is 5.86. The van der Waals surface area contributed by atoms with Crippen molar-refractivity contribution in [2.75, 3.05) is 33.8 Å². The average Bonchev–Trinajstić information content (AvgIpc) is 2.15. The van der Waals surface area contributed by atoms with Crippen LogP contribution < -0.4 is 5.73 Å². The summed E-state index contributed by atoms with van der Waals surface area (Å²) in [7, 11) is 4.15. The standard InChI is InChI=1S/C11H23N2O2/c1-9(2)11(14)15-7-6-13(4,5)10(3)8-12/h10H,1,6-8,12H2,2-5H3/q+1. The van der Waals surface area contributed by atoms with Gasteiger partial charge in [0.1, 0.15) is 13.2 Å². The fraction of sp³-hybridized carbons (Fsp3) is 0.727. The lowest BCUT2D eigenvalue weighted by molar-refractivity contribution is -0.911. The Hall–Kier alpha value is -0.870. The molecule has 0 bridgehead atoms. The van der Waals surface area contributed by atoms with Gasteiger partial charge in [-0.3, -0.25) is 0 Å². The van der Waals surface area contributed by atoms with E-state index in [9.17, 15) is 4.79 Å². The fourth-order valence-electron chi connectivity index (χ4n) is 1.00. The highest BCUT2D eigenvalue weighted by atomic mass is 16.5. The van der Waals surface area contributed by atoms with E-state index in [1.165, 1.54) is 0 Å². The predicted octanol–water partition coefficient (Wildman–Crippen LogP) is 0.529. The highest BCUT2D eigenvalue weighted by Crippen LogP contribution is 2.05. The third-order valence-electron chi connectivity index (χ3n) is 2.78. The minimum Gasteiger partial charge on any atom is -0.456 e. The third-order valence-corrected chi connectivity index (χ3v) is 2.78. The molecule has 0 aliphatic carbocycles. The molecule has 0 aromatic rings. The lowest BCUT2D eigenvalue weighted by Crippen LogP contribution is -2.52. The van der Waals surface area contributed by atoms with Crippen molar-refractivity contribution < 1.29 is 14.0 Å². The molecule has 0 aromatic heterocycles. The van der Waals surface area contributed by atoms with Gasteiger partial charge in [-0.05, 0) is 13.8 Å². The van der Waals surface area contributed by atoms with Crippen molar-refractivity contribution in [1.29, 1.82) is 0 Å². The predicted molar refractivity (Wildman–Crippen MR) is 61.3 cm³/mol. The van der Waals surface area contributed by atoms with Gasteiger partial charge < -0.3 is 15.0 Å². The quantitative estimate of drug-likeness (QED) is 0.399. The van der Waals surface area contributed by atoms with Crippen LogP contribution in [0.25, 0.3) is 0 Å². The first-order chi connectivity index (χ1) is 6.81. The molecule has 88 valence electrons. The maximum atomic E-state index is 11.1. The minimum atomic E-state index is -0.324. The van der Waals surface area contributed by atoms with Crippen molar-refractivity contribution in [2.45, 2.75) is 19.9 Å². The summed E-state index contributed by atoms with van der Waals surface area (Å²) in [6.07, 6.45) is 0. The van der Waals surface area contributed by atoms with E-state index in [0.29, 0.717) is 24.8 Å². The van der Waals surface area contributed by atoms with E-state index in [4.69, 9.17) is 10.5 Å². The molecule has 0 spiro atoms.